The molecular formula is C24H32N2O2. The Balaban J connectivity index is 2.75. The number of carbonyl (C=O) groups is 1. The molecule has 0 fully saturated rings. The van der Waals surface area contributed by atoms with Gasteiger partial charge in [-0.3, -0.25) is 4.79 Å². The van der Waals surface area contributed by atoms with Gasteiger partial charge in [0, 0.05) is 30.3 Å². The van der Waals surface area contributed by atoms with Crippen molar-refractivity contribution >= 4 is 5.78 Å². The van der Waals surface area contributed by atoms with Gasteiger partial charge in [-0.05, 0) is 56.5 Å². The van der Waals surface area contributed by atoms with Crippen molar-refractivity contribution in [2.45, 2.75) is 47.0 Å². The molecule has 0 saturated heterocycles. The summed E-state index contributed by atoms with van der Waals surface area (Å²) in [4.78, 5) is 12.3. The van der Waals surface area contributed by atoms with Crippen molar-refractivity contribution in [1.29, 1.82) is 0 Å². The second-order valence-corrected chi connectivity index (χ2v) is 6.59. The molecule has 0 aliphatic heterocycles. The summed E-state index contributed by atoms with van der Waals surface area (Å²) in [6.07, 6.45) is 16.9. The van der Waals surface area contributed by atoms with Crippen molar-refractivity contribution in [3.8, 4) is 0 Å². The topological polar surface area (TPSA) is 82.2 Å². The minimum absolute atomic E-state index is 0.110. The van der Waals surface area contributed by atoms with E-state index in [1.807, 2.05) is 63.3 Å². The molecule has 0 aliphatic rings. The molecule has 0 radical (unpaired) electrons. The van der Waals surface area contributed by atoms with Gasteiger partial charge in [0.15, 0.2) is 5.78 Å². The Kier molecular flexibility index (Phi) is 10.2. The minimum atomic E-state index is -0.110. The van der Waals surface area contributed by atoms with Gasteiger partial charge in [-0.25, -0.2) is 0 Å². The number of carbonyl (C=O) groups excluding carboxylic acids is 1. The highest BCUT2D eigenvalue weighted by atomic mass is 16.3. The van der Waals surface area contributed by atoms with E-state index >= 15 is 0 Å². The van der Waals surface area contributed by atoms with Crippen LogP contribution in [0.15, 0.2) is 87.7 Å². The Morgan fingerprint density at radius 3 is 2.50 bits per heavy atom. The third-order valence-corrected chi connectivity index (χ3v) is 4.01. The highest BCUT2D eigenvalue weighted by Crippen LogP contribution is 2.12. The first-order valence-electron chi connectivity index (χ1n) is 9.52. The number of hydrogen-bond acceptors (Lipinski definition) is 4. The number of hydrogen-bond donors (Lipinski definition) is 2. The Labute approximate surface area is 168 Å². The summed E-state index contributed by atoms with van der Waals surface area (Å²) < 4.78 is 5.54. The van der Waals surface area contributed by atoms with Crippen LogP contribution in [0, 0.1) is 6.92 Å². The largest absolute Gasteiger partial charge is 0.466 e. The number of furan rings is 1. The summed E-state index contributed by atoms with van der Waals surface area (Å²) in [5.41, 5.74) is 14.7. The van der Waals surface area contributed by atoms with E-state index in [1.54, 1.807) is 19.1 Å². The average Bonchev–Trinajstić information content (AvgIpc) is 3.07. The Morgan fingerprint density at radius 1 is 1.14 bits per heavy atom. The van der Waals surface area contributed by atoms with Gasteiger partial charge in [-0.1, -0.05) is 43.4 Å². The molecule has 4 heteroatoms. The first-order valence-corrected chi connectivity index (χ1v) is 9.52. The van der Waals surface area contributed by atoms with E-state index in [9.17, 15) is 4.79 Å². The fourth-order valence-corrected chi connectivity index (χ4v) is 2.36. The zero-order chi connectivity index (χ0) is 20.9. The van der Waals surface area contributed by atoms with Crippen molar-refractivity contribution < 1.29 is 9.21 Å². The molecule has 0 saturated carbocycles. The van der Waals surface area contributed by atoms with E-state index in [1.165, 1.54) is 6.08 Å². The Morgan fingerprint density at radius 2 is 1.89 bits per heavy atom. The van der Waals surface area contributed by atoms with Crippen LogP contribution in [-0.2, 0) is 11.2 Å². The summed E-state index contributed by atoms with van der Waals surface area (Å²) >= 11 is 0. The number of rotatable bonds is 10. The molecule has 150 valence electrons. The average molecular weight is 381 g/mol. The van der Waals surface area contributed by atoms with Crippen molar-refractivity contribution in [1.82, 2.24) is 0 Å². The highest BCUT2D eigenvalue weighted by molar-refractivity contribution is 6.04. The molecule has 1 aromatic heterocycles. The van der Waals surface area contributed by atoms with Gasteiger partial charge in [-0.15, -0.1) is 0 Å². The predicted octanol–water partition coefficient (Wildman–Crippen LogP) is 5.19. The molecule has 1 aromatic rings. The SMILES string of the molecule is C\C=C/C(=C\C=C\Cc1ccc(C)o1)C/C(N)=C/C(=O)/C(C)=C/C=C(/N)CC. The van der Waals surface area contributed by atoms with Crippen LogP contribution in [0.2, 0.25) is 0 Å². The summed E-state index contributed by atoms with van der Waals surface area (Å²) in [6, 6.07) is 3.93. The molecule has 1 rings (SSSR count). The van der Waals surface area contributed by atoms with Crippen molar-refractivity contribution in [3.05, 3.63) is 94.8 Å². The summed E-state index contributed by atoms with van der Waals surface area (Å²) in [5, 5.41) is 0. The summed E-state index contributed by atoms with van der Waals surface area (Å²) in [6.45, 7) is 7.60. The maximum absolute atomic E-state index is 12.3. The van der Waals surface area contributed by atoms with Gasteiger partial charge in [0.1, 0.15) is 11.5 Å². The lowest BCUT2D eigenvalue weighted by atomic mass is 10.1. The van der Waals surface area contributed by atoms with E-state index in [0.29, 0.717) is 17.7 Å². The van der Waals surface area contributed by atoms with Crippen LogP contribution < -0.4 is 11.5 Å². The summed E-state index contributed by atoms with van der Waals surface area (Å²) in [7, 11) is 0. The lowest BCUT2D eigenvalue weighted by Gasteiger charge is -2.03. The first kappa shape index (κ1) is 23.0. The number of ketones is 1. The zero-order valence-corrected chi connectivity index (χ0v) is 17.4. The smallest absolute Gasteiger partial charge is 0.183 e. The molecule has 0 unspecified atom stereocenters. The van der Waals surface area contributed by atoms with Crippen molar-refractivity contribution in [2.24, 2.45) is 11.5 Å². The number of aryl methyl sites for hydroxylation is 1. The van der Waals surface area contributed by atoms with Crippen LogP contribution in [0.3, 0.4) is 0 Å². The van der Waals surface area contributed by atoms with Gasteiger partial charge >= 0.3 is 0 Å². The Hall–Kier alpha value is -3.01. The highest BCUT2D eigenvalue weighted by Gasteiger charge is 2.03. The molecule has 4 nitrogen and oxygen atoms in total. The van der Waals surface area contributed by atoms with Crippen LogP contribution in [0.25, 0.3) is 0 Å². The van der Waals surface area contributed by atoms with Gasteiger partial charge in [0.2, 0.25) is 0 Å². The van der Waals surface area contributed by atoms with Crippen LogP contribution in [-0.4, -0.2) is 5.78 Å². The normalized spacial score (nSPS) is 14.4. The van der Waals surface area contributed by atoms with Gasteiger partial charge in [-0.2, -0.15) is 0 Å². The summed E-state index contributed by atoms with van der Waals surface area (Å²) in [5.74, 6) is 1.73. The van der Waals surface area contributed by atoms with Crippen LogP contribution in [0.4, 0.5) is 0 Å². The molecule has 0 aliphatic carbocycles. The molecule has 28 heavy (non-hydrogen) atoms. The standard InChI is InChI=1S/C24H32N2O2/c1-5-9-20(10-7-8-11-23-15-13-19(4)28-23)16-22(26)17-24(27)18(3)12-14-21(25)6-2/h5,7-10,12-15,17H,6,11,16,25-26H2,1-4H3/b8-7+,9-5-,18-12+,20-10+,21-14+,22-17-. The second kappa shape index (κ2) is 12.4. The van der Waals surface area contributed by atoms with Crippen LogP contribution in [0.1, 0.15) is 45.1 Å². The lowest BCUT2D eigenvalue weighted by molar-refractivity contribution is -0.111. The predicted molar refractivity (Wildman–Crippen MR) is 117 cm³/mol. The van der Waals surface area contributed by atoms with Gasteiger partial charge in [0.25, 0.3) is 0 Å². The van der Waals surface area contributed by atoms with E-state index in [4.69, 9.17) is 15.9 Å². The maximum Gasteiger partial charge on any atom is 0.183 e. The number of allylic oxidation sites excluding steroid dienone is 11. The molecule has 0 bridgehead atoms. The quantitative estimate of drug-likeness (QED) is 0.432. The molecular weight excluding hydrogens is 348 g/mol. The zero-order valence-electron chi connectivity index (χ0n) is 17.4. The fraction of sp³-hybridized carbons (Fsp3) is 0.292. The van der Waals surface area contributed by atoms with E-state index in [2.05, 4.69) is 0 Å². The maximum atomic E-state index is 12.3. The molecule has 4 N–H and O–H groups in total. The van der Waals surface area contributed by atoms with Crippen LogP contribution in [0.5, 0.6) is 0 Å². The van der Waals surface area contributed by atoms with Crippen molar-refractivity contribution in [3.63, 3.8) is 0 Å². The lowest BCUT2D eigenvalue weighted by Crippen LogP contribution is -2.04. The Bertz CT molecular complexity index is 831. The van der Waals surface area contributed by atoms with Crippen molar-refractivity contribution in [2.75, 3.05) is 0 Å². The molecule has 0 atom stereocenters. The molecule has 1 heterocycles. The number of nitrogens with two attached hydrogens (primary N) is 2. The van der Waals surface area contributed by atoms with E-state index in [-0.39, 0.29) is 5.78 Å². The first-order chi connectivity index (χ1) is 13.3. The molecule has 0 amide bonds. The monoisotopic (exact) mass is 380 g/mol. The second-order valence-electron chi connectivity index (χ2n) is 6.59. The molecule has 0 spiro atoms. The third-order valence-electron chi connectivity index (χ3n) is 4.01. The minimum Gasteiger partial charge on any atom is -0.466 e. The fourth-order valence-electron chi connectivity index (χ4n) is 2.36. The van der Waals surface area contributed by atoms with Gasteiger partial charge in [0.05, 0.1) is 0 Å². The third kappa shape index (κ3) is 9.08. The molecule has 0 aromatic carbocycles. The van der Waals surface area contributed by atoms with E-state index in [0.717, 1.165) is 35.6 Å². The van der Waals surface area contributed by atoms with Gasteiger partial charge < -0.3 is 15.9 Å². The van der Waals surface area contributed by atoms with Crippen LogP contribution >= 0.6 is 0 Å². The van der Waals surface area contributed by atoms with E-state index < -0.39 is 0 Å².